The number of rotatable bonds is 8. The van der Waals surface area contributed by atoms with Gasteiger partial charge in [-0.25, -0.2) is 0 Å². The van der Waals surface area contributed by atoms with Crippen molar-refractivity contribution < 1.29 is 9.59 Å². The van der Waals surface area contributed by atoms with E-state index in [-0.39, 0.29) is 11.7 Å². The van der Waals surface area contributed by atoms with Crippen LogP contribution in [-0.4, -0.2) is 36.7 Å². The number of hydrogen-bond donors (Lipinski definition) is 1. The number of benzene rings is 1. The van der Waals surface area contributed by atoms with Crippen molar-refractivity contribution in [3.05, 3.63) is 29.8 Å². The molecule has 1 aromatic rings. The van der Waals surface area contributed by atoms with Crippen LogP contribution in [0, 0.1) is 0 Å². The normalized spacial score (nSPS) is 10.2. The number of nitrogens with zero attached hydrogens (tertiary/aromatic N) is 1. The average molecular weight is 276 g/mol. The van der Waals surface area contributed by atoms with E-state index >= 15 is 0 Å². The van der Waals surface area contributed by atoms with Gasteiger partial charge in [0.15, 0.2) is 5.78 Å². The van der Waals surface area contributed by atoms with Crippen LogP contribution in [0.2, 0.25) is 0 Å². The fraction of sp³-hybridized carbons (Fsp3) is 0.500. The smallest absolute Gasteiger partial charge is 0.224 e. The van der Waals surface area contributed by atoms with Crippen LogP contribution < -0.4 is 5.32 Å². The number of nitrogens with one attached hydrogen (secondary N) is 1. The number of Topliss-reactive ketones (excluding diaryl/α,β-unsaturated/α-hetero) is 1. The third-order valence-corrected chi connectivity index (χ3v) is 3.23. The lowest BCUT2D eigenvalue weighted by Crippen LogP contribution is -2.29. The van der Waals surface area contributed by atoms with E-state index in [0.29, 0.717) is 18.5 Å². The molecule has 0 aliphatic carbocycles. The second kappa shape index (κ2) is 8.35. The lowest BCUT2D eigenvalue weighted by molar-refractivity contribution is -0.129. The van der Waals surface area contributed by atoms with E-state index in [2.05, 4.69) is 12.2 Å². The van der Waals surface area contributed by atoms with Crippen molar-refractivity contribution in [2.45, 2.75) is 33.1 Å². The molecule has 0 unspecified atom stereocenters. The summed E-state index contributed by atoms with van der Waals surface area (Å²) < 4.78 is 0. The van der Waals surface area contributed by atoms with Gasteiger partial charge in [0.2, 0.25) is 5.91 Å². The summed E-state index contributed by atoms with van der Waals surface area (Å²) in [5.41, 5.74) is 1.63. The number of anilines is 1. The molecule has 110 valence electrons. The molecule has 0 atom stereocenters. The highest BCUT2D eigenvalue weighted by Gasteiger charge is 2.07. The average Bonchev–Trinajstić information content (AvgIpc) is 2.45. The first-order valence-corrected chi connectivity index (χ1v) is 7.13. The molecule has 0 aliphatic heterocycles. The zero-order chi connectivity index (χ0) is 15.0. The van der Waals surface area contributed by atoms with Gasteiger partial charge < -0.3 is 10.2 Å². The lowest BCUT2D eigenvalue weighted by Gasteiger charge is -2.17. The standard InChI is InChI=1S/C16H24N2O2/c1-4-5-12-18(3)16(20)10-11-17-15-8-6-14(7-9-15)13(2)19/h6-9,17H,4-5,10-12H2,1-3H3. The predicted molar refractivity (Wildman–Crippen MR) is 82.1 cm³/mol. The third kappa shape index (κ3) is 5.43. The Morgan fingerprint density at radius 2 is 1.85 bits per heavy atom. The van der Waals surface area contributed by atoms with E-state index in [0.717, 1.165) is 25.1 Å². The van der Waals surface area contributed by atoms with Crippen LogP contribution in [0.5, 0.6) is 0 Å². The third-order valence-electron chi connectivity index (χ3n) is 3.23. The number of unbranched alkanes of at least 4 members (excludes halogenated alkanes) is 1. The topological polar surface area (TPSA) is 49.4 Å². The van der Waals surface area contributed by atoms with Crippen LogP contribution in [0.4, 0.5) is 5.69 Å². The van der Waals surface area contributed by atoms with Gasteiger partial charge in [0, 0.05) is 37.8 Å². The van der Waals surface area contributed by atoms with Crippen molar-refractivity contribution in [3.8, 4) is 0 Å². The summed E-state index contributed by atoms with van der Waals surface area (Å²) in [6.45, 7) is 5.09. The molecule has 1 amide bonds. The zero-order valence-electron chi connectivity index (χ0n) is 12.6. The highest BCUT2D eigenvalue weighted by atomic mass is 16.2. The molecule has 1 rings (SSSR count). The maximum Gasteiger partial charge on any atom is 0.224 e. The molecule has 0 aliphatic rings. The molecular weight excluding hydrogens is 252 g/mol. The number of amides is 1. The van der Waals surface area contributed by atoms with Gasteiger partial charge in [-0.3, -0.25) is 9.59 Å². The van der Waals surface area contributed by atoms with Crippen LogP contribution in [0.25, 0.3) is 0 Å². The summed E-state index contributed by atoms with van der Waals surface area (Å²) in [6, 6.07) is 7.31. The highest BCUT2D eigenvalue weighted by molar-refractivity contribution is 5.94. The van der Waals surface area contributed by atoms with Gasteiger partial charge in [0.25, 0.3) is 0 Å². The molecule has 1 N–H and O–H groups in total. The molecule has 1 aromatic carbocycles. The minimum atomic E-state index is 0.0595. The van der Waals surface area contributed by atoms with Crippen LogP contribution >= 0.6 is 0 Å². The van der Waals surface area contributed by atoms with E-state index in [1.807, 2.05) is 19.2 Å². The van der Waals surface area contributed by atoms with E-state index < -0.39 is 0 Å². The first-order chi connectivity index (χ1) is 9.54. The molecule has 0 saturated heterocycles. The van der Waals surface area contributed by atoms with E-state index in [9.17, 15) is 9.59 Å². The molecule has 0 aromatic heterocycles. The predicted octanol–water partition coefficient (Wildman–Crippen LogP) is 2.95. The minimum absolute atomic E-state index is 0.0595. The van der Waals surface area contributed by atoms with E-state index in [4.69, 9.17) is 0 Å². The Morgan fingerprint density at radius 1 is 1.20 bits per heavy atom. The first kappa shape index (κ1) is 16.2. The molecular formula is C16H24N2O2. The fourth-order valence-electron chi connectivity index (χ4n) is 1.85. The Hall–Kier alpha value is -1.84. The quantitative estimate of drug-likeness (QED) is 0.743. The van der Waals surface area contributed by atoms with Crippen LogP contribution in [0.15, 0.2) is 24.3 Å². The van der Waals surface area contributed by atoms with Gasteiger partial charge in [-0.05, 0) is 37.6 Å². The van der Waals surface area contributed by atoms with Crippen LogP contribution in [-0.2, 0) is 4.79 Å². The molecule has 0 heterocycles. The summed E-state index contributed by atoms with van der Waals surface area (Å²) in [5.74, 6) is 0.218. The van der Waals surface area contributed by atoms with Gasteiger partial charge in [-0.1, -0.05) is 13.3 Å². The van der Waals surface area contributed by atoms with Gasteiger partial charge in [0.1, 0.15) is 0 Å². The van der Waals surface area contributed by atoms with E-state index in [1.165, 1.54) is 0 Å². The number of carbonyl (C=O) groups excluding carboxylic acids is 2. The van der Waals surface area contributed by atoms with Crippen molar-refractivity contribution in [2.24, 2.45) is 0 Å². The van der Waals surface area contributed by atoms with Gasteiger partial charge in [0.05, 0.1) is 0 Å². The minimum Gasteiger partial charge on any atom is -0.385 e. The van der Waals surface area contributed by atoms with Crippen molar-refractivity contribution in [3.63, 3.8) is 0 Å². The number of ketones is 1. The summed E-state index contributed by atoms with van der Waals surface area (Å²) in [6.07, 6.45) is 2.62. The summed E-state index contributed by atoms with van der Waals surface area (Å²) in [4.78, 5) is 24.8. The van der Waals surface area contributed by atoms with Crippen molar-refractivity contribution >= 4 is 17.4 Å². The lowest BCUT2D eigenvalue weighted by atomic mass is 10.1. The fourth-order valence-corrected chi connectivity index (χ4v) is 1.85. The number of hydrogen-bond acceptors (Lipinski definition) is 3. The maximum absolute atomic E-state index is 11.8. The monoisotopic (exact) mass is 276 g/mol. The first-order valence-electron chi connectivity index (χ1n) is 7.13. The largest absolute Gasteiger partial charge is 0.385 e. The Morgan fingerprint density at radius 3 is 2.40 bits per heavy atom. The van der Waals surface area contributed by atoms with Gasteiger partial charge in [-0.15, -0.1) is 0 Å². The SMILES string of the molecule is CCCCN(C)C(=O)CCNc1ccc(C(C)=O)cc1. The van der Waals surface area contributed by atoms with Gasteiger partial charge >= 0.3 is 0 Å². The molecule has 0 fully saturated rings. The zero-order valence-corrected chi connectivity index (χ0v) is 12.6. The Kier molecular flexibility index (Phi) is 6.77. The maximum atomic E-state index is 11.8. The highest BCUT2D eigenvalue weighted by Crippen LogP contribution is 2.10. The Balaban J connectivity index is 2.33. The van der Waals surface area contributed by atoms with Crippen molar-refractivity contribution in [1.29, 1.82) is 0 Å². The summed E-state index contributed by atoms with van der Waals surface area (Å²) in [5, 5.41) is 3.19. The van der Waals surface area contributed by atoms with Crippen molar-refractivity contribution in [1.82, 2.24) is 4.90 Å². The second-order valence-electron chi connectivity index (χ2n) is 4.98. The summed E-state index contributed by atoms with van der Waals surface area (Å²) in [7, 11) is 1.85. The number of carbonyl (C=O) groups is 2. The Labute approximate surface area is 121 Å². The molecule has 0 bridgehead atoms. The molecule has 0 spiro atoms. The van der Waals surface area contributed by atoms with Crippen LogP contribution in [0.1, 0.15) is 43.5 Å². The Bertz CT molecular complexity index is 440. The molecule has 4 heteroatoms. The second-order valence-corrected chi connectivity index (χ2v) is 4.98. The van der Waals surface area contributed by atoms with Crippen LogP contribution in [0.3, 0.4) is 0 Å². The molecule has 0 saturated carbocycles. The molecule has 0 radical (unpaired) electrons. The van der Waals surface area contributed by atoms with Crippen molar-refractivity contribution in [2.75, 3.05) is 25.5 Å². The van der Waals surface area contributed by atoms with E-state index in [1.54, 1.807) is 24.0 Å². The summed E-state index contributed by atoms with van der Waals surface area (Å²) >= 11 is 0. The molecule has 20 heavy (non-hydrogen) atoms. The van der Waals surface area contributed by atoms with Gasteiger partial charge in [-0.2, -0.15) is 0 Å². The molecule has 4 nitrogen and oxygen atoms in total.